The van der Waals surface area contributed by atoms with Crippen molar-refractivity contribution in [3.63, 3.8) is 0 Å². The van der Waals surface area contributed by atoms with Crippen molar-refractivity contribution in [3.8, 4) is 0 Å². The normalized spacial score (nSPS) is 28.9. The molecule has 1 saturated heterocycles. The molecule has 84 valence electrons. The third-order valence-corrected chi connectivity index (χ3v) is 6.88. The molecule has 1 N–H and O–H groups in total. The highest BCUT2D eigenvalue weighted by Gasteiger charge is 2.30. The number of thioether (sulfide) groups is 2. The van der Waals surface area contributed by atoms with Crippen molar-refractivity contribution < 1.29 is 0 Å². The molecule has 1 aliphatic heterocycles. The molecule has 4 heteroatoms. The molecule has 3 atom stereocenters. The van der Waals surface area contributed by atoms with Crippen LogP contribution in [0, 0.1) is 0 Å². The first kappa shape index (κ1) is 11.8. The molecule has 1 fully saturated rings. The number of rotatable bonds is 3. The van der Waals surface area contributed by atoms with E-state index in [1.54, 1.807) is 0 Å². The Morgan fingerprint density at radius 1 is 1.40 bits per heavy atom. The van der Waals surface area contributed by atoms with Crippen LogP contribution in [-0.4, -0.2) is 29.1 Å². The average Bonchev–Trinajstić information content (AvgIpc) is 2.75. The van der Waals surface area contributed by atoms with E-state index in [1.165, 1.54) is 16.4 Å². The molecule has 1 aliphatic rings. The summed E-state index contributed by atoms with van der Waals surface area (Å²) in [4.78, 5) is 1.48. The summed E-state index contributed by atoms with van der Waals surface area (Å²) in [5.41, 5.74) is 0. The number of hydrogen-bond donors (Lipinski definition) is 1. The molecule has 1 aromatic rings. The summed E-state index contributed by atoms with van der Waals surface area (Å²) < 4.78 is 0. The topological polar surface area (TPSA) is 12.0 Å². The van der Waals surface area contributed by atoms with Gasteiger partial charge in [0, 0.05) is 26.9 Å². The first-order valence-electron chi connectivity index (χ1n) is 5.27. The molecule has 1 nitrogen and oxygen atoms in total. The molecule has 0 amide bonds. The van der Waals surface area contributed by atoms with Gasteiger partial charge in [0.25, 0.3) is 0 Å². The fourth-order valence-corrected chi connectivity index (χ4v) is 5.90. The fourth-order valence-electron chi connectivity index (χ4n) is 1.95. The Labute approximate surface area is 104 Å². The highest BCUT2D eigenvalue weighted by molar-refractivity contribution is 8.07. The summed E-state index contributed by atoms with van der Waals surface area (Å²) in [7, 11) is 2.08. The average molecular weight is 259 g/mol. The molecule has 0 radical (unpaired) electrons. The molecule has 3 unspecified atom stereocenters. The second-order valence-electron chi connectivity index (χ2n) is 3.69. The molecule has 2 rings (SSSR count). The molecule has 15 heavy (non-hydrogen) atoms. The van der Waals surface area contributed by atoms with Crippen LogP contribution in [0.4, 0.5) is 0 Å². The molecule has 2 heterocycles. The first-order valence-corrected chi connectivity index (χ1v) is 8.24. The van der Waals surface area contributed by atoms with Crippen molar-refractivity contribution in [2.45, 2.75) is 23.5 Å². The van der Waals surface area contributed by atoms with Crippen LogP contribution < -0.4 is 5.32 Å². The molecule has 0 bridgehead atoms. The van der Waals surface area contributed by atoms with Gasteiger partial charge in [-0.2, -0.15) is 23.5 Å². The third kappa shape index (κ3) is 2.73. The Kier molecular flexibility index (Phi) is 4.43. The van der Waals surface area contributed by atoms with E-state index < -0.39 is 0 Å². The van der Waals surface area contributed by atoms with Crippen LogP contribution in [0.5, 0.6) is 0 Å². The Morgan fingerprint density at radius 3 is 2.80 bits per heavy atom. The van der Waals surface area contributed by atoms with Gasteiger partial charge in [-0.25, -0.2) is 0 Å². The van der Waals surface area contributed by atoms with Gasteiger partial charge in [-0.15, -0.1) is 11.3 Å². The van der Waals surface area contributed by atoms with Crippen molar-refractivity contribution in [2.75, 3.05) is 18.6 Å². The molecule has 0 aromatic carbocycles. The Hall–Kier alpha value is 0.360. The lowest BCUT2D eigenvalue weighted by Gasteiger charge is -2.33. The zero-order valence-corrected chi connectivity index (χ0v) is 11.6. The van der Waals surface area contributed by atoms with Gasteiger partial charge in [-0.1, -0.05) is 13.0 Å². The van der Waals surface area contributed by atoms with Crippen molar-refractivity contribution in [1.82, 2.24) is 5.32 Å². The van der Waals surface area contributed by atoms with Crippen LogP contribution in [-0.2, 0) is 0 Å². The Balaban J connectivity index is 2.11. The minimum absolute atomic E-state index is 0.526. The maximum absolute atomic E-state index is 3.48. The number of thiophene rings is 1. The predicted octanol–water partition coefficient (Wildman–Crippen LogP) is 3.25. The zero-order chi connectivity index (χ0) is 10.7. The van der Waals surface area contributed by atoms with E-state index in [0.717, 1.165) is 5.25 Å². The van der Waals surface area contributed by atoms with Gasteiger partial charge in [-0.3, -0.25) is 0 Å². The second kappa shape index (κ2) is 5.62. The summed E-state index contributed by atoms with van der Waals surface area (Å²) in [5.74, 6) is 2.60. The van der Waals surface area contributed by atoms with Gasteiger partial charge in [0.1, 0.15) is 0 Å². The molecule has 0 spiro atoms. The highest BCUT2D eigenvalue weighted by atomic mass is 32.2. The lowest BCUT2D eigenvalue weighted by Crippen LogP contribution is -2.35. The van der Waals surface area contributed by atoms with Crippen LogP contribution in [0.25, 0.3) is 0 Å². The molecular weight excluding hydrogens is 242 g/mol. The van der Waals surface area contributed by atoms with E-state index in [-0.39, 0.29) is 0 Å². The summed E-state index contributed by atoms with van der Waals surface area (Å²) in [6, 6.07) is 4.92. The van der Waals surface area contributed by atoms with Gasteiger partial charge in [-0.05, 0) is 18.5 Å². The van der Waals surface area contributed by atoms with Gasteiger partial charge in [0.05, 0.1) is 6.04 Å². The maximum Gasteiger partial charge on any atom is 0.0543 e. The number of hydrogen-bond acceptors (Lipinski definition) is 4. The monoisotopic (exact) mass is 259 g/mol. The minimum Gasteiger partial charge on any atom is -0.311 e. The molecule has 1 aromatic heterocycles. The largest absolute Gasteiger partial charge is 0.311 e. The van der Waals surface area contributed by atoms with Crippen LogP contribution in [0.15, 0.2) is 17.5 Å². The van der Waals surface area contributed by atoms with Crippen LogP contribution >= 0.6 is 34.9 Å². The van der Waals surface area contributed by atoms with Crippen molar-refractivity contribution in [2.24, 2.45) is 0 Å². The van der Waals surface area contributed by atoms with Gasteiger partial charge >= 0.3 is 0 Å². The quantitative estimate of drug-likeness (QED) is 0.895. The smallest absolute Gasteiger partial charge is 0.0543 e. The number of nitrogens with one attached hydrogen (secondary N) is 1. The molecule has 0 aliphatic carbocycles. The van der Waals surface area contributed by atoms with Crippen LogP contribution in [0.3, 0.4) is 0 Å². The Bertz CT molecular complexity index is 286. The fraction of sp³-hybridized carbons (Fsp3) is 0.636. The van der Waals surface area contributed by atoms with Gasteiger partial charge < -0.3 is 5.32 Å². The van der Waals surface area contributed by atoms with E-state index in [2.05, 4.69) is 60.3 Å². The first-order chi connectivity index (χ1) is 7.33. The van der Waals surface area contributed by atoms with Gasteiger partial charge in [0.2, 0.25) is 0 Å². The van der Waals surface area contributed by atoms with E-state index in [0.29, 0.717) is 11.3 Å². The van der Waals surface area contributed by atoms with Crippen LogP contribution in [0.2, 0.25) is 0 Å². The van der Waals surface area contributed by atoms with Crippen molar-refractivity contribution >= 4 is 34.9 Å². The summed E-state index contributed by atoms with van der Waals surface area (Å²) in [6.45, 7) is 2.36. The zero-order valence-electron chi connectivity index (χ0n) is 9.10. The Morgan fingerprint density at radius 2 is 2.20 bits per heavy atom. The van der Waals surface area contributed by atoms with E-state index in [1.807, 2.05) is 11.3 Å². The van der Waals surface area contributed by atoms with E-state index in [4.69, 9.17) is 0 Å². The third-order valence-electron chi connectivity index (χ3n) is 2.73. The molecule has 0 saturated carbocycles. The maximum atomic E-state index is 3.48. The summed E-state index contributed by atoms with van der Waals surface area (Å²) in [6.07, 6.45) is 0. The van der Waals surface area contributed by atoms with Crippen molar-refractivity contribution in [3.05, 3.63) is 22.4 Å². The predicted molar refractivity (Wildman–Crippen MR) is 74.3 cm³/mol. The van der Waals surface area contributed by atoms with E-state index >= 15 is 0 Å². The summed E-state index contributed by atoms with van der Waals surface area (Å²) in [5, 5.41) is 7.12. The van der Waals surface area contributed by atoms with Gasteiger partial charge in [0.15, 0.2) is 0 Å². The lowest BCUT2D eigenvalue weighted by atomic mass is 10.1. The van der Waals surface area contributed by atoms with Crippen LogP contribution in [0.1, 0.15) is 17.8 Å². The lowest BCUT2D eigenvalue weighted by molar-refractivity contribution is 0.569. The standard InChI is InChI=1S/C11H17NS3/c1-8-11(15-7-6-13-8)10(12-2)9-4-3-5-14-9/h3-5,8,10-12H,6-7H2,1-2H3. The molecular formula is C11H17NS3. The highest BCUT2D eigenvalue weighted by Crippen LogP contribution is 2.39. The second-order valence-corrected chi connectivity index (χ2v) is 7.44. The van der Waals surface area contributed by atoms with Crippen molar-refractivity contribution in [1.29, 1.82) is 0 Å². The minimum atomic E-state index is 0.526. The van der Waals surface area contributed by atoms with E-state index in [9.17, 15) is 0 Å². The summed E-state index contributed by atoms with van der Waals surface area (Å²) >= 11 is 6.10. The SMILES string of the molecule is CNC(c1cccs1)C1SCCSC1C.